The molecule has 2 saturated heterocycles. The number of nitrogens with zero attached hydrogens (tertiary/aromatic N) is 5. The van der Waals surface area contributed by atoms with Gasteiger partial charge in [0.05, 0.1) is 42.4 Å². The zero-order valence-corrected chi connectivity index (χ0v) is 23.3. The first-order valence-corrected chi connectivity index (χ1v) is 14.1. The molecular weight excluding hydrogens is 579 g/mol. The Bertz CT molecular complexity index is 1870. The van der Waals surface area contributed by atoms with Crippen molar-refractivity contribution in [2.45, 2.75) is 43.7 Å². The van der Waals surface area contributed by atoms with Gasteiger partial charge in [-0.25, -0.2) is 22.9 Å². The van der Waals surface area contributed by atoms with Gasteiger partial charge in [-0.3, -0.25) is 9.88 Å². The number of likely N-dealkylation sites (tertiary alicyclic amines) is 1. The van der Waals surface area contributed by atoms with Crippen molar-refractivity contribution >= 4 is 17.0 Å². The molecule has 0 radical (unpaired) electrons. The molecule has 4 heterocycles. The lowest BCUT2D eigenvalue weighted by molar-refractivity contribution is -0.288. The number of aromatic carboxylic acids is 1. The van der Waals surface area contributed by atoms with Gasteiger partial charge in [0.2, 0.25) is 0 Å². The fourth-order valence-electron chi connectivity index (χ4n) is 6.36. The minimum atomic E-state index is -1.45. The molecule has 0 amide bonds. The van der Waals surface area contributed by atoms with E-state index in [9.17, 15) is 28.2 Å². The zero-order valence-electron chi connectivity index (χ0n) is 23.3. The van der Waals surface area contributed by atoms with Crippen molar-refractivity contribution in [3.63, 3.8) is 0 Å². The van der Waals surface area contributed by atoms with E-state index in [0.717, 1.165) is 18.6 Å². The third kappa shape index (κ3) is 4.85. The first-order valence-electron chi connectivity index (χ1n) is 14.1. The summed E-state index contributed by atoms with van der Waals surface area (Å²) in [6, 6.07) is 10.9. The summed E-state index contributed by atoms with van der Waals surface area (Å²) in [5.74, 6) is -4.24. The van der Waals surface area contributed by atoms with Crippen molar-refractivity contribution in [1.82, 2.24) is 19.4 Å². The van der Waals surface area contributed by atoms with E-state index in [1.165, 1.54) is 24.3 Å². The molecule has 3 fully saturated rings. The first-order chi connectivity index (χ1) is 21.1. The highest BCUT2D eigenvalue weighted by atomic mass is 19.1. The number of halogens is 3. The minimum absolute atomic E-state index is 0.00976. The molecule has 1 saturated carbocycles. The van der Waals surface area contributed by atoms with Crippen LogP contribution < -0.4 is 4.74 Å². The van der Waals surface area contributed by atoms with Crippen molar-refractivity contribution < 1.29 is 37.7 Å². The van der Waals surface area contributed by atoms with Gasteiger partial charge in [-0.15, -0.1) is 0 Å². The van der Waals surface area contributed by atoms with Crippen LogP contribution in [0.15, 0.2) is 42.5 Å². The second-order valence-corrected chi connectivity index (χ2v) is 11.7. The normalized spacial score (nSPS) is 24.1. The van der Waals surface area contributed by atoms with Gasteiger partial charge in [-0.1, -0.05) is 0 Å². The summed E-state index contributed by atoms with van der Waals surface area (Å²) in [6.45, 7) is 1.57. The molecule has 0 unspecified atom stereocenters. The highest BCUT2D eigenvalue weighted by Crippen LogP contribution is 2.58. The van der Waals surface area contributed by atoms with Crippen LogP contribution in [-0.4, -0.2) is 61.1 Å². The number of aliphatic hydroxyl groups is 1. The molecule has 0 spiro atoms. The van der Waals surface area contributed by atoms with Crippen LogP contribution in [-0.2, 0) is 29.8 Å². The molecule has 4 aromatic rings. The second kappa shape index (κ2) is 10.3. The minimum Gasteiger partial charge on any atom is -0.484 e. The average molecular weight is 606 g/mol. The highest BCUT2D eigenvalue weighted by Gasteiger charge is 2.61. The standard InChI is InChI=1S/C31H26F3N5O5/c32-20-2-4-26(36-23(20)14-43-25-3-1-17(11-35)7-21(25)33)30-10-19(30)12-38(15-30)13-27-37-28-22(34)8-18(29(40)41)9-24(28)39(27)16-31(42)5-6-44-31/h1-4,7-9,19,42H,5-6,10,12-16H2,(H,40,41)/t19-,30-,31+/m0/s1. The van der Waals surface area contributed by atoms with Crippen molar-refractivity contribution in [3.8, 4) is 11.8 Å². The number of carboxylic acids is 1. The highest BCUT2D eigenvalue weighted by molar-refractivity contribution is 5.92. The Morgan fingerprint density at radius 3 is 2.66 bits per heavy atom. The van der Waals surface area contributed by atoms with Gasteiger partial charge >= 0.3 is 5.97 Å². The number of carbonyl (C=O) groups is 1. The van der Waals surface area contributed by atoms with Crippen molar-refractivity contribution in [1.29, 1.82) is 5.26 Å². The van der Waals surface area contributed by atoms with Crippen molar-refractivity contribution in [3.05, 3.63) is 88.3 Å². The summed E-state index contributed by atoms with van der Waals surface area (Å²) in [5.41, 5.74) is 0.562. The molecule has 1 aliphatic carbocycles. The fourth-order valence-corrected chi connectivity index (χ4v) is 6.36. The summed E-state index contributed by atoms with van der Waals surface area (Å²) in [6.07, 6.45) is 1.22. The largest absolute Gasteiger partial charge is 0.484 e. The summed E-state index contributed by atoms with van der Waals surface area (Å²) >= 11 is 0. The number of hydrogen-bond acceptors (Lipinski definition) is 8. The molecule has 226 valence electrons. The van der Waals surface area contributed by atoms with Gasteiger partial charge in [0.25, 0.3) is 0 Å². The molecule has 3 atom stereocenters. The van der Waals surface area contributed by atoms with Crippen molar-refractivity contribution in [2.24, 2.45) is 5.92 Å². The first kappa shape index (κ1) is 28.3. The van der Waals surface area contributed by atoms with Crippen LogP contribution in [0.2, 0.25) is 0 Å². The van der Waals surface area contributed by atoms with Crippen LogP contribution in [0.5, 0.6) is 5.75 Å². The third-order valence-electron chi connectivity index (χ3n) is 8.84. The van der Waals surface area contributed by atoms with E-state index in [1.807, 2.05) is 6.07 Å². The maximum atomic E-state index is 15.0. The molecule has 2 aromatic carbocycles. The number of fused-ring (bicyclic) bond motifs is 2. The molecule has 44 heavy (non-hydrogen) atoms. The smallest absolute Gasteiger partial charge is 0.335 e. The van der Waals surface area contributed by atoms with Gasteiger partial charge in [0.15, 0.2) is 23.2 Å². The maximum Gasteiger partial charge on any atom is 0.335 e. The number of piperidine rings is 1. The Hall–Kier alpha value is -4.51. The fraction of sp³-hybridized carbons (Fsp3) is 0.355. The van der Waals surface area contributed by atoms with Crippen LogP contribution >= 0.6 is 0 Å². The Morgan fingerprint density at radius 2 is 1.95 bits per heavy atom. The SMILES string of the molecule is N#Cc1ccc(OCc2nc([C@]34C[C@H]3CN(Cc3nc5c(F)cc(C(=O)O)cc5n3C[C@@]3(O)CCO3)C4)ccc2F)c(F)c1. The van der Waals surface area contributed by atoms with Gasteiger partial charge in [0, 0.05) is 30.6 Å². The van der Waals surface area contributed by atoms with E-state index in [1.54, 1.807) is 10.6 Å². The number of imidazole rings is 1. The summed E-state index contributed by atoms with van der Waals surface area (Å²) in [7, 11) is 0. The Kier molecular flexibility index (Phi) is 6.61. The lowest BCUT2D eigenvalue weighted by atomic mass is 10.0. The Labute approximate surface area is 248 Å². The zero-order chi connectivity index (χ0) is 30.8. The average Bonchev–Trinajstić information content (AvgIpc) is 3.38. The number of pyridine rings is 1. The third-order valence-corrected chi connectivity index (χ3v) is 8.84. The quantitative estimate of drug-likeness (QED) is 0.292. The van der Waals surface area contributed by atoms with E-state index < -0.39 is 29.2 Å². The number of ether oxygens (including phenoxy) is 2. The molecule has 7 rings (SSSR count). The lowest BCUT2D eigenvalue weighted by Gasteiger charge is -2.37. The molecule has 10 nitrogen and oxygen atoms in total. The van der Waals surface area contributed by atoms with Gasteiger partial charge in [-0.2, -0.15) is 5.26 Å². The van der Waals surface area contributed by atoms with Gasteiger partial charge < -0.3 is 24.3 Å². The molecule has 2 N–H and O–H groups in total. The van der Waals surface area contributed by atoms with E-state index >= 15 is 0 Å². The van der Waals surface area contributed by atoms with Crippen LogP contribution in [0.25, 0.3) is 11.0 Å². The van der Waals surface area contributed by atoms with Crippen LogP contribution in [0.3, 0.4) is 0 Å². The predicted octanol–water partition coefficient (Wildman–Crippen LogP) is 3.88. The van der Waals surface area contributed by atoms with E-state index in [2.05, 4.69) is 14.9 Å². The monoisotopic (exact) mass is 605 g/mol. The maximum absolute atomic E-state index is 15.0. The summed E-state index contributed by atoms with van der Waals surface area (Å²) in [5, 5.41) is 29.1. The predicted molar refractivity (Wildman–Crippen MR) is 147 cm³/mol. The van der Waals surface area contributed by atoms with Crippen LogP contribution in [0.4, 0.5) is 13.2 Å². The van der Waals surface area contributed by atoms with E-state index in [4.69, 9.17) is 14.7 Å². The van der Waals surface area contributed by atoms with Crippen molar-refractivity contribution in [2.75, 3.05) is 19.7 Å². The molecule has 0 bridgehead atoms. The molecule has 3 aliphatic rings. The van der Waals surface area contributed by atoms with E-state index in [0.29, 0.717) is 44.2 Å². The van der Waals surface area contributed by atoms with Gasteiger partial charge in [-0.05, 0) is 54.8 Å². The number of nitriles is 1. The second-order valence-electron chi connectivity index (χ2n) is 11.7. The summed E-state index contributed by atoms with van der Waals surface area (Å²) in [4.78, 5) is 22.8. The van der Waals surface area contributed by atoms with Crippen LogP contribution in [0, 0.1) is 34.7 Å². The molecule has 2 aliphatic heterocycles. The van der Waals surface area contributed by atoms with Crippen LogP contribution in [0.1, 0.15) is 46.0 Å². The number of rotatable bonds is 9. The number of benzene rings is 2. The lowest BCUT2D eigenvalue weighted by Crippen LogP contribution is -2.47. The van der Waals surface area contributed by atoms with Gasteiger partial charge in [0.1, 0.15) is 29.5 Å². The van der Waals surface area contributed by atoms with E-state index in [-0.39, 0.29) is 58.1 Å². The molecular formula is C31H26F3N5O5. The summed E-state index contributed by atoms with van der Waals surface area (Å²) < 4.78 is 56.4. The number of hydrogen-bond donors (Lipinski definition) is 2. The number of aromatic nitrogens is 3. The number of carboxylic acid groups (broad SMARTS) is 1. The molecule has 13 heteroatoms. The Balaban J connectivity index is 1.12. The topological polar surface area (TPSA) is 134 Å². The molecule has 2 aromatic heterocycles. The Morgan fingerprint density at radius 1 is 1.14 bits per heavy atom.